The lowest BCUT2D eigenvalue weighted by molar-refractivity contribution is 1.18. The number of benzene rings is 1. The number of fused-ring (bicyclic) bond motifs is 1. The number of hydrazone groups is 1. The minimum Gasteiger partial charge on any atom is -0.260 e. The summed E-state index contributed by atoms with van der Waals surface area (Å²) in [6, 6.07) is 3.48. The van der Waals surface area contributed by atoms with Gasteiger partial charge >= 0.3 is 0 Å². The second-order valence-corrected chi connectivity index (χ2v) is 7.58. The minimum atomic E-state index is 0.319. The van der Waals surface area contributed by atoms with Crippen LogP contribution in [0.3, 0.4) is 0 Å². The fraction of sp³-hybridized carbons (Fsp3) is 0.188. The fourth-order valence-electron chi connectivity index (χ4n) is 2.27. The third-order valence-corrected chi connectivity index (χ3v) is 6.13. The van der Waals surface area contributed by atoms with Gasteiger partial charge in [0.15, 0.2) is 5.82 Å². The van der Waals surface area contributed by atoms with E-state index in [1.54, 1.807) is 23.5 Å². The van der Waals surface area contributed by atoms with Gasteiger partial charge in [0.05, 0.1) is 26.2 Å². The van der Waals surface area contributed by atoms with Crippen molar-refractivity contribution >= 4 is 67.9 Å². The Morgan fingerprint density at radius 1 is 1.12 bits per heavy atom. The number of aryl methyl sites for hydroxylation is 2. The van der Waals surface area contributed by atoms with Gasteiger partial charge in [-0.1, -0.05) is 40.9 Å². The maximum atomic E-state index is 6.25. The Balaban J connectivity index is 1.98. The van der Waals surface area contributed by atoms with Gasteiger partial charge in [0.25, 0.3) is 0 Å². The molecule has 3 rings (SSSR count). The Labute approximate surface area is 158 Å². The summed E-state index contributed by atoms with van der Waals surface area (Å²) >= 11 is 19.9. The zero-order valence-corrected chi connectivity index (χ0v) is 16.2. The van der Waals surface area contributed by atoms with Crippen molar-refractivity contribution in [3.63, 3.8) is 0 Å². The first-order valence-corrected chi connectivity index (χ1v) is 9.00. The smallest absolute Gasteiger partial charge is 0.158 e. The highest BCUT2D eigenvalue weighted by Crippen LogP contribution is 2.34. The van der Waals surface area contributed by atoms with Gasteiger partial charge in [0.1, 0.15) is 11.2 Å². The number of nitrogens with zero attached hydrogens (tertiary/aromatic N) is 3. The molecule has 24 heavy (non-hydrogen) atoms. The molecule has 2 heterocycles. The van der Waals surface area contributed by atoms with Crippen molar-refractivity contribution in [3.05, 3.63) is 49.5 Å². The first kappa shape index (κ1) is 17.4. The number of anilines is 1. The van der Waals surface area contributed by atoms with E-state index >= 15 is 0 Å². The minimum absolute atomic E-state index is 0.319. The normalized spacial score (nSPS) is 12.0. The molecular weight excluding hydrogens is 387 g/mol. The Kier molecular flexibility index (Phi) is 4.97. The topological polar surface area (TPSA) is 50.2 Å². The zero-order valence-electron chi connectivity index (χ0n) is 13.1. The molecule has 0 aliphatic heterocycles. The second-order valence-electron chi connectivity index (χ2n) is 5.22. The molecule has 0 saturated carbocycles. The van der Waals surface area contributed by atoms with Crippen LogP contribution in [0, 0.1) is 13.8 Å². The number of hydrogen-bond acceptors (Lipinski definition) is 5. The molecule has 2 aromatic heterocycles. The predicted molar refractivity (Wildman–Crippen MR) is 104 cm³/mol. The Hall–Kier alpha value is -1.40. The molecule has 0 radical (unpaired) electrons. The van der Waals surface area contributed by atoms with Crippen LogP contribution in [0.2, 0.25) is 15.1 Å². The molecule has 8 heteroatoms. The molecular formula is C16H13Cl3N4S. The highest BCUT2D eigenvalue weighted by molar-refractivity contribution is 7.18. The molecule has 4 nitrogen and oxygen atoms in total. The standard InChI is InChI=1S/C16H13Cl3N4S/c1-7-9(3)24-16-12(7)15(20-6-21-16)23-22-8(2)10-4-5-11(17)14(19)13(10)18/h4-6H,1-3H3,(H,20,21,23)/b22-8-. The zero-order chi connectivity index (χ0) is 17.4. The molecule has 0 atom stereocenters. The number of thiophene rings is 1. The first-order chi connectivity index (χ1) is 11.4. The van der Waals surface area contributed by atoms with E-state index in [0.29, 0.717) is 32.2 Å². The first-order valence-electron chi connectivity index (χ1n) is 7.05. The van der Waals surface area contributed by atoms with Crippen molar-refractivity contribution in [2.24, 2.45) is 5.10 Å². The molecule has 0 fully saturated rings. The van der Waals surface area contributed by atoms with E-state index < -0.39 is 0 Å². The molecule has 0 spiro atoms. The van der Waals surface area contributed by atoms with Crippen LogP contribution in [0.25, 0.3) is 10.2 Å². The Morgan fingerprint density at radius 3 is 2.62 bits per heavy atom. The average Bonchev–Trinajstić information content (AvgIpc) is 2.85. The van der Waals surface area contributed by atoms with Crippen molar-refractivity contribution in [2.45, 2.75) is 20.8 Å². The molecule has 0 aliphatic carbocycles. The SMILES string of the molecule is C/C(=N/Nc1ncnc2sc(C)c(C)c12)c1ccc(Cl)c(Cl)c1Cl. The van der Waals surface area contributed by atoms with Crippen molar-refractivity contribution in [3.8, 4) is 0 Å². The van der Waals surface area contributed by atoms with Crippen molar-refractivity contribution in [1.82, 2.24) is 9.97 Å². The number of nitrogens with one attached hydrogen (secondary N) is 1. The lowest BCUT2D eigenvalue weighted by atomic mass is 10.1. The highest BCUT2D eigenvalue weighted by Gasteiger charge is 2.13. The van der Waals surface area contributed by atoms with E-state index in [0.717, 1.165) is 15.8 Å². The van der Waals surface area contributed by atoms with Crippen LogP contribution >= 0.6 is 46.1 Å². The van der Waals surface area contributed by atoms with E-state index in [-0.39, 0.29) is 0 Å². The summed E-state index contributed by atoms with van der Waals surface area (Å²) in [6.45, 7) is 5.95. The Bertz CT molecular complexity index is 966. The molecule has 0 aliphatic rings. The van der Waals surface area contributed by atoms with Crippen LogP contribution in [0.1, 0.15) is 22.9 Å². The number of hydrogen-bond donors (Lipinski definition) is 1. The average molecular weight is 400 g/mol. The summed E-state index contributed by atoms with van der Waals surface area (Å²) in [4.78, 5) is 10.8. The maximum Gasteiger partial charge on any atom is 0.158 e. The molecule has 3 aromatic rings. The molecule has 1 N–H and O–H groups in total. The molecule has 1 aromatic carbocycles. The van der Waals surface area contributed by atoms with Crippen molar-refractivity contribution in [1.29, 1.82) is 0 Å². The van der Waals surface area contributed by atoms with Gasteiger partial charge in [-0.05, 0) is 32.4 Å². The van der Waals surface area contributed by atoms with Gasteiger partial charge in [-0.15, -0.1) is 11.3 Å². The Morgan fingerprint density at radius 2 is 1.88 bits per heavy atom. The molecule has 124 valence electrons. The second kappa shape index (κ2) is 6.84. The molecule has 0 amide bonds. The lowest BCUT2D eigenvalue weighted by Gasteiger charge is -2.08. The summed E-state index contributed by atoms with van der Waals surface area (Å²) in [6.07, 6.45) is 1.52. The van der Waals surface area contributed by atoms with E-state index in [2.05, 4.69) is 34.3 Å². The van der Waals surface area contributed by atoms with Gasteiger partial charge in [-0.25, -0.2) is 9.97 Å². The third-order valence-electron chi connectivity index (χ3n) is 3.72. The van der Waals surface area contributed by atoms with Crippen LogP contribution in [-0.2, 0) is 0 Å². The highest BCUT2D eigenvalue weighted by atomic mass is 35.5. The summed E-state index contributed by atoms with van der Waals surface area (Å²) in [5.74, 6) is 0.664. The molecule has 0 bridgehead atoms. The van der Waals surface area contributed by atoms with Crippen LogP contribution < -0.4 is 5.43 Å². The molecule has 0 unspecified atom stereocenters. The number of halogens is 3. The van der Waals surface area contributed by atoms with Crippen molar-refractivity contribution in [2.75, 3.05) is 5.43 Å². The van der Waals surface area contributed by atoms with E-state index in [1.807, 2.05) is 6.92 Å². The third kappa shape index (κ3) is 3.09. The van der Waals surface area contributed by atoms with Gasteiger partial charge in [0.2, 0.25) is 0 Å². The van der Waals surface area contributed by atoms with E-state index in [4.69, 9.17) is 34.8 Å². The van der Waals surface area contributed by atoms with Crippen molar-refractivity contribution < 1.29 is 0 Å². The quantitative estimate of drug-likeness (QED) is 0.328. The van der Waals surface area contributed by atoms with Crippen LogP contribution in [0.15, 0.2) is 23.6 Å². The largest absolute Gasteiger partial charge is 0.260 e. The van der Waals surface area contributed by atoms with Crippen LogP contribution in [0.4, 0.5) is 5.82 Å². The fourth-order valence-corrected chi connectivity index (χ4v) is 3.94. The summed E-state index contributed by atoms with van der Waals surface area (Å²) in [5, 5.41) is 6.48. The number of rotatable bonds is 3. The maximum absolute atomic E-state index is 6.25. The predicted octanol–water partition coefficient (Wildman–Crippen LogP) is 6.10. The summed E-state index contributed by atoms with van der Waals surface area (Å²) < 4.78 is 0. The van der Waals surface area contributed by atoms with Gasteiger partial charge in [-0.3, -0.25) is 5.43 Å². The van der Waals surface area contributed by atoms with E-state index in [9.17, 15) is 0 Å². The van der Waals surface area contributed by atoms with Crippen LogP contribution in [0.5, 0.6) is 0 Å². The summed E-state index contributed by atoms with van der Waals surface area (Å²) in [5.41, 5.74) is 5.55. The van der Waals surface area contributed by atoms with E-state index in [1.165, 1.54) is 11.2 Å². The van der Waals surface area contributed by atoms with Gasteiger partial charge in [-0.2, -0.15) is 5.10 Å². The van der Waals surface area contributed by atoms with Gasteiger partial charge in [0, 0.05) is 10.4 Å². The summed E-state index contributed by atoms with van der Waals surface area (Å²) in [7, 11) is 0. The number of aromatic nitrogens is 2. The van der Waals surface area contributed by atoms with Crippen LogP contribution in [-0.4, -0.2) is 15.7 Å². The monoisotopic (exact) mass is 398 g/mol. The lowest BCUT2D eigenvalue weighted by Crippen LogP contribution is -2.02. The van der Waals surface area contributed by atoms with Gasteiger partial charge < -0.3 is 0 Å². The molecule has 0 saturated heterocycles.